The van der Waals surface area contributed by atoms with Crippen LogP contribution in [0.4, 0.5) is 0 Å². The van der Waals surface area contributed by atoms with Crippen LogP contribution in [0.2, 0.25) is 0 Å². The van der Waals surface area contributed by atoms with Crippen LogP contribution >= 0.6 is 0 Å². The number of fused-ring (bicyclic) bond motifs is 1. The second-order valence-corrected chi connectivity index (χ2v) is 10.4. The molecule has 0 fully saturated rings. The summed E-state index contributed by atoms with van der Waals surface area (Å²) in [5.41, 5.74) is 7.80. The monoisotopic (exact) mass is 497 g/mol. The Balaban J connectivity index is 1.79. The maximum atomic E-state index is 13.1. The highest BCUT2D eigenvalue weighted by Crippen LogP contribution is 2.44. The molecule has 1 unspecified atom stereocenters. The smallest absolute Gasteiger partial charge is 0.312 e. The number of ether oxygens (including phenoxy) is 1. The SMILES string of the molecule is COB(Cc1ccccc1)Cc1cc(C(c2ccc3c(nnn3C)c2C)C(C)(C)C(=O)OC)ccc1C. The van der Waals surface area contributed by atoms with Crippen LogP contribution in [0.15, 0.2) is 60.7 Å². The quantitative estimate of drug-likeness (QED) is 0.228. The first-order valence-corrected chi connectivity index (χ1v) is 12.7. The van der Waals surface area contributed by atoms with Crippen molar-refractivity contribution in [3.63, 3.8) is 0 Å². The highest BCUT2D eigenvalue weighted by Gasteiger charge is 2.41. The van der Waals surface area contributed by atoms with Crippen LogP contribution in [-0.2, 0) is 33.9 Å². The van der Waals surface area contributed by atoms with Crippen LogP contribution in [0.25, 0.3) is 11.0 Å². The largest absolute Gasteiger partial charge is 0.469 e. The minimum atomic E-state index is -0.813. The lowest BCUT2D eigenvalue weighted by atomic mass is 9.57. The summed E-state index contributed by atoms with van der Waals surface area (Å²) >= 11 is 0. The van der Waals surface area contributed by atoms with Gasteiger partial charge in [0.05, 0.1) is 18.0 Å². The predicted molar refractivity (Wildman–Crippen MR) is 149 cm³/mol. The van der Waals surface area contributed by atoms with Crippen LogP contribution in [-0.4, -0.2) is 42.1 Å². The average molecular weight is 497 g/mol. The molecule has 37 heavy (non-hydrogen) atoms. The molecule has 0 aliphatic carbocycles. The van der Waals surface area contributed by atoms with Gasteiger partial charge in [0.25, 0.3) is 0 Å². The van der Waals surface area contributed by atoms with Gasteiger partial charge < -0.3 is 9.39 Å². The van der Waals surface area contributed by atoms with E-state index in [0.29, 0.717) is 0 Å². The van der Waals surface area contributed by atoms with Crippen molar-refractivity contribution < 1.29 is 14.2 Å². The summed E-state index contributed by atoms with van der Waals surface area (Å²) in [6.07, 6.45) is 1.61. The van der Waals surface area contributed by atoms with E-state index in [1.54, 1.807) is 11.8 Å². The molecule has 1 heterocycles. The first-order valence-electron chi connectivity index (χ1n) is 12.7. The molecule has 192 valence electrons. The van der Waals surface area contributed by atoms with Crippen molar-refractivity contribution in [3.8, 4) is 0 Å². The van der Waals surface area contributed by atoms with Crippen molar-refractivity contribution in [2.75, 3.05) is 14.2 Å². The molecule has 4 aromatic rings. The third kappa shape index (κ3) is 5.32. The van der Waals surface area contributed by atoms with Crippen LogP contribution in [0.3, 0.4) is 0 Å². The molecule has 1 aromatic heterocycles. The van der Waals surface area contributed by atoms with E-state index in [9.17, 15) is 4.79 Å². The molecular weight excluding hydrogens is 461 g/mol. The number of nitrogens with zero attached hydrogens (tertiary/aromatic N) is 3. The Morgan fingerprint density at radius 2 is 1.76 bits per heavy atom. The van der Waals surface area contributed by atoms with E-state index in [4.69, 9.17) is 9.39 Å². The summed E-state index contributed by atoms with van der Waals surface area (Å²) in [5, 5.41) is 8.61. The normalized spacial score (nSPS) is 12.5. The Morgan fingerprint density at radius 1 is 1.03 bits per heavy atom. The highest BCUT2D eigenvalue weighted by molar-refractivity contribution is 6.50. The van der Waals surface area contributed by atoms with Gasteiger partial charge in [0.15, 0.2) is 0 Å². The van der Waals surface area contributed by atoms with Gasteiger partial charge in [-0.1, -0.05) is 65.4 Å². The summed E-state index contributed by atoms with van der Waals surface area (Å²) in [6, 6.07) is 21.1. The lowest BCUT2D eigenvalue weighted by Crippen LogP contribution is -2.34. The summed E-state index contributed by atoms with van der Waals surface area (Å²) < 4.78 is 13.0. The number of carbonyl (C=O) groups is 1. The fraction of sp³-hybridized carbons (Fsp3) is 0.367. The number of rotatable bonds is 9. The van der Waals surface area contributed by atoms with E-state index in [1.807, 2.05) is 33.0 Å². The van der Waals surface area contributed by atoms with E-state index in [1.165, 1.54) is 23.8 Å². The number of benzene rings is 3. The van der Waals surface area contributed by atoms with Gasteiger partial charge in [0.2, 0.25) is 0 Å². The zero-order chi connectivity index (χ0) is 26.7. The second-order valence-electron chi connectivity index (χ2n) is 10.4. The van der Waals surface area contributed by atoms with Gasteiger partial charge in [-0.2, -0.15) is 0 Å². The molecular formula is C30H36BN3O3. The van der Waals surface area contributed by atoms with Gasteiger partial charge in [-0.15, -0.1) is 5.10 Å². The zero-order valence-electron chi connectivity index (χ0n) is 22.9. The Bertz CT molecular complexity index is 1400. The lowest BCUT2D eigenvalue weighted by Gasteiger charge is -2.34. The lowest BCUT2D eigenvalue weighted by molar-refractivity contribution is -0.151. The first kappa shape index (κ1) is 26.6. The van der Waals surface area contributed by atoms with Gasteiger partial charge in [-0.3, -0.25) is 4.79 Å². The van der Waals surface area contributed by atoms with E-state index in [2.05, 4.69) is 72.7 Å². The predicted octanol–water partition coefficient (Wildman–Crippen LogP) is 5.42. The molecule has 0 bridgehead atoms. The minimum absolute atomic E-state index is 0.0427. The second kappa shape index (κ2) is 10.9. The van der Waals surface area contributed by atoms with Crippen molar-refractivity contribution in [2.45, 2.75) is 46.3 Å². The van der Waals surface area contributed by atoms with E-state index < -0.39 is 5.41 Å². The zero-order valence-corrected chi connectivity index (χ0v) is 22.9. The maximum absolute atomic E-state index is 13.1. The number of aromatic nitrogens is 3. The molecule has 0 amide bonds. The number of esters is 1. The fourth-order valence-electron chi connectivity index (χ4n) is 5.38. The molecule has 0 N–H and O–H groups in total. The standard InChI is InChI=1S/C30H36BN3O3/c1-20-13-14-23(17-24(20)19-31(37-7)18-22-11-9-8-10-12-22)27(30(3,4)29(35)36-6)25-15-16-26-28(21(25)2)32-33-34(26)5/h8-17,27H,18-19H2,1-7H3. The topological polar surface area (TPSA) is 66.2 Å². The number of hydrogen-bond donors (Lipinski definition) is 0. The summed E-state index contributed by atoms with van der Waals surface area (Å²) in [7, 11) is 5.11. The maximum Gasteiger partial charge on any atom is 0.312 e. The molecule has 3 aromatic carbocycles. The fourth-order valence-corrected chi connectivity index (χ4v) is 5.38. The minimum Gasteiger partial charge on any atom is -0.469 e. The van der Waals surface area contributed by atoms with E-state index in [-0.39, 0.29) is 18.8 Å². The molecule has 0 saturated heterocycles. The Labute approximate surface area is 220 Å². The van der Waals surface area contributed by atoms with Gasteiger partial charge in [-0.25, -0.2) is 4.68 Å². The molecule has 0 saturated carbocycles. The molecule has 0 spiro atoms. The van der Waals surface area contributed by atoms with Crippen LogP contribution in [0.1, 0.15) is 53.1 Å². The van der Waals surface area contributed by atoms with E-state index in [0.717, 1.165) is 40.4 Å². The Hall–Kier alpha value is -3.45. The number of carbonyl (C=O) groups excluding carboxylic acids is 1. The average Bonchev–Trinajstić information content (AvgIpc) is 3.28. The number of methoxy groups -OCH3 is 1. The molecule has 1 atom stereocenters. The van der Waals surface area contributed by atoms with Gasteiger partial charge >= 0.3 is 12.9 Å². The molecule has 0 aliphatic rings. The summed E-state index contributed by atoms with van der Waals surface area (Å²) in [4.78, 5) is 13.1. The third-order valence-electron chi connectivity index (χ3n) is 7.62. The molecule has 0 aliphatic heterocycles. The molecule has 0 radical (unpaired) electrons. The van der Waals surface area contributed by atoms with Crippen LogP contribution in [0.5, 0.6) is 0 Å². The number of aryl methyl sites for hydroxylation is 3. The summed E-state index contributed by atoms with van der Waals surface area (Å²) in [5.74, 6) is -0.488. The van der Waals surface area contributed by atoms with Crippen LogP contribution < -0.4 is 0 Å². The van der Waals surface area contributed by atoms with Crippen molar-refractivity contribution in [2.24, 2.45) is 12.5 Å². The van der Waals surface area contributed by atoms with Crippen LogP contribution in [0, 0.1) is 19.3 Å². The molecule has 6 nitrogen and oxygen atoms in total. The summed E-state index contributed by atoms with van der Waals surface area (Å²) in [6.45, 7) is 8.14. The van der Waals surface area contributed by atoms with Crippen molar-refractivity contribution in [3.05, 3.63) is 94.0 Å². The molecule has 7 heteroatoms. The number of hydrogen-bond acceptors (Lipinski definition) is 5. The third-order valence-corrected chi connectivity index (χ3v) is 7.62. The first-order chi connectivity index (χ1) is 17.7. The van der Waals surface area contributed by atoms with Crippen molar-refractivity contribution in [1.29, 1.82) is 0 Å². The van der Waals surface area contributed by atoms with Gasteiger partial charge in [0, 0.05) is 20.1 Å². The van der Waals surface area contributed by atoms with Gasteiger partial charge in [0.1, 0.15) is 5.52 Å². The Kier molecular flexibility index (Phi) is 7.83. The highest BCUT2D eigenvalue weighted by atomic mass is 16.5. The van der Waals surface area contributed by atoms with E-state index >= 15 is 0 Å². The Morgan fingerprint density at radius 3 is 2.43 bits per heavy atom. The van der Waals surface area contributed by atoms with Crippen molar-refractivity contribution in [1.82, 2.24) is 15.0 Å². The molecule has 4 rings (SSSR count). The van der Waals surface area contributed by atoms with Gasteiger partial charge in [-0.05, 0) is 74.2 Å². The van der Waals surface area contributed by atoms with Crippen molar-refractivity contribution >= 4 is 23.9 Å².